The van der Waals surface area contributed by atoms with Gasteiger partial charge < -0.3 is 20.5 Å². The van der Waals surface area contributed by atoms with E-state index < -0.39 is 0 Å². The number of fused-ring (bicyclic) bond motifs is 1. The van der Waals surface area contributed by atoms with Gasteiger partial charge in [0.2, 0.25) is 5.91 Å². The van der Waals surface area contributed by atoms with E-state index in [1.54, 1.807) is 18.2 Å². The fourth-order valence-electron chi connectivity index (χ4n) is 4.66. The Kier molecular flexibility index (Phi) is 6.87. The topological polar surface area (TPSA) is 94.3 Å². The second kappa shape index (κ2) is 10.0. The van der Waals surface area contributed by atoms with E-state index in [4.69, 9.17) is 6.42 Å². The van der Waals surface area contributed by atoms with Crippen LogP contribution in [0.25, 0.3) is 11.6 Å². The van der Waals surface area contributed by atoms with Crippen LogP contribution in [-0.2, 0) is 9.59 Å². The molecule has 0 unspecified atom stereocenters. The fraction of sp³-hybridized carbons (Fsp3) is 0.370. The predicted octanol–water partition coefficient (Wildman–Crippen LogP) is 3.63. The van der Waals surface area contributed by atoms with Gasteiger partial charge in [-0.1, -0.05) is 12.3 Å². The van der Waals surface area contributed by atoms with Crippen LogP contribution in [0.15, 0.2) is 18.2 Å². The minimum atomic E-state index is -0.204. The molecule has 34 heavy (non-hydrogen) atoms. The first-order valence-corrected chi connectivity index (χ1v) is 11.8. The van der Waals surface area contributed by atoms with Crippen molar-refractivity contribution >= 4 is 35.1 Å². The molecule has 1 aromatic carbocycles. The molecule has 2 aromatic rings. The minimum absolute atomic E-state index is 0.163. The first-order valence-electron chi connectivity index (χ1n) is 11.8. The van der Waals surface area contributed by atoms with Crippen molar-refractivity contribution < 1.29 is 14.4 Å². The zero-order valence-corrected chi connectivity index (χ0v) is 19.7. The molecule has 3 heterocycles. The van der Waals surface area contributed by atoms with Gasteiger partial charge in [0, 0.05) is 54.3 Å². The molecule has 7 nitrogen and oxygen atoms in total. The fourth-order valence-corrected chi connectivity index (χ4v) is 4.66. The number of carbonyl (C=O) groups is 3. The molecule has 0 spiro atoms. The first kappa shape index (κ1) is 23.4. The highest BCUT2D eigenvalue weighted by Gasteiger charge is 2.26. The SMILES string of the molecule is C#Cc1ccc2c(c1)C(=Cc1[nH]c(C)c(C(=O)NCCCN3CCCCCC3=O)c1C)C(=O)N2. The molecular formula is C27H30N4O3. The molecule has 0 bridgehead atoms. The number of aromatic nitrogens is 1. The van der Waals surface area contributed by atoms with E-state index in [1.807, 2.05) is 24.8 Å². The quantitative estimate of drug-likeness (QED) is 0.351. The van der Waals surface area contributed by atoms with E-state index in [0.717, 1.165) is 48.3 Å². The van der Waals surface area contributed by atoms with Gasteiger partial charge >= 0.3 is 0 Å². The minimum Gasteiger partial charge on any atom is -0.358 e. The molecule has 1 fully saturated rings. The van der Waals surface area contributed by atoms with E-state index in [1.165, 1.54) is 0 Å². The lowest BCUT2D eigenvalue weighted by atomic mass is 10.0. The van der Waals surface area contributed by atoms with E-state index in [2.05, 4.69) is 21.5 Å². The molecule has 0 saturated carbocycles. The number of aromatic amines is 1. The number of aryl methyl sites for hydroxylation is 1. The molecule has 0 atom stereocenters. The Morgan fingerprint density at radius 1 is 1.24 bits per heavy atom. The largest absolute Gasteiger partial charge is 0.358 e. The molecule has 2 aliphatic heterocycles. The van der Waals surface area contributed by atoms with Crippen molar-refractivity contribution in [1.29, 1.82) is 0 Å². The number of hydrogen-bond donors (Lipinski definition) is 3. The highest BCUT2D eigenvalue weighted by Crippen LogP contribution is 2.34. The van der Waals surface area contributed by atoms with Gasteiger partial charge in [0.1, 0.15) is 0 Å². The summed E-state index contributed by atoms with van der Waals surface area (Å²) in [5.74, 6) is 2.44. The van der Waals surface area contributed by atoms with Crippen molar-refractivity contribution in [3.05, 3.63) is 51.8 Å². The summed E-state index contributed by atoms with van der Waals surface area (Å²) in [6.07, 6.45) is 11.7. The molecule has 0 aliphatic carbocycles. The smallest absolute Gasteiger partial charge is 0.256 e. The summed E-state index contributed by atoms with van der Waals surface area (Å²) in [5.41, 5.74) is 5.47. The normalized spacial score (nSPS) is 16.7. The first-order chi connectivity index (χ1) is 16.4. The van der Waals surface area contributed by atoms with Crippen molar-refractivity contribution in [2.45, 2.75) is 46.0 Å². The maximum Gasteiger partial charge on any atom is 0.256 e. The van der Waals surface area contributed by atoms with Gasteiger partial charge in [-0.25, -0.2) is 0 Å². The number of nitrogens with zero attached hydrogens (tertiary/aromatic N) is 1. The van der Waals surface area contributed by atoms with Gasteiger partial charge in [0.25, 0.3) is 11.8 Å². The molecule has 1 saturated heterocycles. The van der Waals surface area contributed by atoms with E-state index in [0.29, 0.717) is 48.3 Å². The Bertz CT molecular complexity index is 1220. The van der Waals surface area contributed by atoms with Crippen LogP contribution in [0.5, 0.6) is 0 Å². The Balaban J connectivity index is 1.45. The van der Waals surface area contributed by atoms with Gasteiger partial charge in [-0.15, -0.1) is 6.42 Å². The zero-order chi connectivity index (χ0) is 24.2. The summed E-state index contributed by atoms with van der Waals surface area (Å²) in [6.45, 7) is 5.68. The van der Waals surface area contributed by atoms with Crippen molar-refractivity contribution in [1.82, 2.24) is 15.2 Å². The second-order valence-electron chi connectivity index (χ2n) is 8.88. The lowest BCUT2D eigenvalue weighted by molar-refractivity contribution is -0.130. The number of rotatable bonds is 6. The van der Waals surface area contributed by atoms with Crippen molar-refractivity contribution in [2.75, 3.05) is 25.0 Å². The van der Waals surface area contributed by atoms with Gasteiger partial charge in [0.15, 0.2) is 0 Å². The maximum absolute atomic E-state index is 12.9. The van der Waals surface area contributed by atoms with Gasteiger partial charge in [0.05, 0.1) is 11.1 Å². The third kappa shape index (κ3) is 4.76. The lowest BCUT2D eigenvalue weighted by Gasteiger charge is -2.20. The number of carbonyl (C=O) groups excluding carboxylic acids is 3. The summed E-state index contributed by atoms with van der Waals surface area (Å²) < 4.78 is 0. The number of terminal acetylenes is 1. The average Bonchev–Trinajstić information content (AvgIpc) is 3.18. The molecule has 4 rings (SSSR count). The predicted molar refractivity (Wildman–Crippen MR) is 133 cm³/mol. The summed E-state index contributed by atoms with van der Waals surface area (Å²) in [7, 11) is 0. The van der Waals surface area contributed by atoms with Gasteiger partial charge in [-0.3, -0.25) is 14.4 Å². The van der Waals surface area contributed by atoms with Crippen molar-refractivity contribution in [3.63, 3.8) is 0 Å². The number of nitrogens with one attached hydrogen (secondary N) is 3. The number of H-pyrrole nitrogens is 1. The number of benzene rings is 1. The van der Waals surface area contributed by atoms with E-state index in [-0.39, 0.29) is 17.7 Å². The summed E-state index contributed by atoms with van der Waals surface area (Å²) >= 11 is 0. The molecule has 3 amide bonds. The lowest BCUT2D eigenvalue weighted by Crippen LogP contribution is -2.34. The third-order valence-corrected chi connectivity index (χ3v) is 6.52. The second-order valence-corrected chi connectivity index (χ2v) is 8.88. The van der Waals surface area contributed by atoms with E-state index in [9.17, 15) is 14.4 Å². The van der Waals surface area contributed by atoms with Gasteiger partial charge in [-0.05, 0) is 62.9 Å². The molecule has 3 N–H and O–H groups in total. The van der Waals surface area contributed by atoms with Crippen LogP contribution in [0.3, 0.4) is 0 Å². The highest BCUT2D eigenvalue weighted by molar-refractivity contribution is 6.35. The molecule has 176 valence electrons. The summed E-state index contributed by atoms with van der Waals surface area (Å²) in [4.78, 5) is 42.8. The third-order valence-electron chi connectivity index (χ3n) is 6.52. The highest BCUT2D eigenvalue weighted by atomic mass is 16.2. The van der Waals surface area contributed by atoms with Crippen LogP contribution in [-0.4, -0.2) is 47.2 Å². The molecule has 1 aromatic heterocycles. The number of hydrogen-bond acceptors (Lipinski definition) is 3. The van der Waals surface area contributed by atoms with Crippen molar-refractivity contribution in [3.8, 4) is 12.3 Å². The average molecular weight is 459 g/mol. The van der Waals surface area contributed by atoms with Crippen LogP contribution in [0.2, 0.25) is 0 Å². The standard InChI is InChI=1S/C27H30N4O3/c1-4-19-10-11-22-20(15-19)21(26(33)30-22)16-23-17(2)25(18(3)29-23)27(34)28-12-8-14-31-13-7-5-6-9-24(31)32/h1,10-11,15-16,29H,5-9,12-14H2,2-3H3,(H,28,34)(H,30,33). The molecule has 0 radical (unpaired) electrons. The number of amides is 3. The zero-order valence-electron chi connectivity index (χ0n) is 19.7. The van der Waals surface area contributed by atoms with Crippen molar-refractivity contribution in [2.24, 2.45) is 0 Å². The Morgan fingerprint density at radius 3 is 2.85 bits per heavy atom. The number of likely N-dealkylation sites (tertiary alicyclic amines) is 1. The summed E-state index contributed by atoms with van der Waals surface area (Å²) in [5, 5.41) is 5.83. The van der Waals surface area contributed by atoms with Gasteiger partial charge in [-0.2, -0.15) is 0 Å². The van der Waals surface area contributed by atoms with Crippen LogP contribution in [0, 0.1) is 26.2 Å². The Morgan fingerprint density at radius 2 is 2.06 bits per heavy atom. The summed E-state index contributed by atoms with van der Waals surface area (Å²) in [6, 6.07) is 5.40. The van der Waals surface area contributed by atoms with Crippen LogP contribution < -0.4 is 10.6 Å². The number of anilines is 1. The Hall–Kier alpha value is -3.79. The van der Waals surface area contributed by atoms with Crippen LogP contribution >= 0.6 is 0 Å². The maximum atomic E-state index is 12.9. The van der Waals surface area contributed by atoms with Crippen LogP contribution in [0.1, 0.15) is 70.5 Å². The Labute approximate surface area is 200 Å². The van der Waals surface area contributed by atoms with Crippen LogP contribution in [0.4, 0.5) is 5.69 Å². The molecule has 2 aliphatic rings. The molecular weight excluding hydrogens is 428 g/mol. The van der Waals surface area contributed by atoms with E-state index >= 15 is 0 Å². The molecule has 7 heteroatoms. The monoisotopic (exact) mass is 458 g/mol.